The molecule has 0 saturated heterocycles. The van der Waals surface area contributed by atoms with Crippen molar-refractivity contribution in [2.75, 3.05) is 0 Å². The van der Waals surface area contributed by atoms with Crippen LogP contribution in [0.4, 0.5) is 0 Å². The summed E-state index contributed by atoms with van der Waals surface area (Å²) in [5.41, 5.74) is 0.367. The lowest BCUT2D eigenvalue weighted by Crippen LogP contribution is -2.22. The fourth-order valence-electron chi connectivity index (χ4n) is 1.37. The van der Waals surface area contributed by atoms with Gasteiger partial charge in [0.25, 0.3) is 0 Å². The van der Waals surface area contributed by atoms with E-state index in [1.165, 1.54) is 0 Å². The van der Waals surface area contributed by atoms with Gasteiger partial charge in [0.05, 0.1) is 12.2 Å². The molecule has 0 aromatic carbocycles. The Morgan fingerprint density at radius 2 is 1.55 bits per heavy atom. The Morgan fingerprint density at radius 1 is 1.18 bits per heavy atom. The summed E-state index contributed by atoms with van der Waals surface area (Å²) >= 11 is 9.58. The Bertz CT molecular complexity index is 156. The maximum atomic E-state index is 5.21. The van der Waals surface area contributed by atoms with Crippen LogP contribution in [0.1, 0.15) is 41.0 Å². The number of hydrogen-bond acceptors (Lipinski definition) is 1. The van der Waals surface area contributed by atoms with E-state index in [1.807, 2.05) is 0 Å². The highest BCUT2D eigenvalue weighted by molar-refractivity contribution is 8.56. The van der Waals surface area contributed by atoms with E-state index in [0.717, 1.165) is 6.42 Å². The Labute approximate surface area is 81.7 Å². The molecule has 0 aromatic heterocycles. The van der Waals surface area contributed by atoms with Crippen molar-refractivity contribution in [3.8, 4) is 0 Å². The summed E-state index contributed by atoms with van der Waals surface area (Å²) < 4.78 is 0. The van der Waals surface area contributed by atoms with Gasteiger partial charge in [0, 0.05) is 0 Å². The highest BCUT2D eigenvalue weighted by atomic mass is 32.9. The molecular formula is C8H18PS2+. The van der Waals surface area contributed by atoms with Gasteiger partial charge in [-0.3, -0.25) is 0 Å². The van der Waals surface area contributed by atoms with Crippen molar-refractivity contribution in [1.29, 1.82) is 0 Å². The van der Waals surface area contributed by atoms with Gasteiger partial charge in [-0.05, 0) is 25.7 Å². The molecule has 0 N–H and O–H groups in total. The Kier molecular flexibility index (Phi) is 4.02. The molecule has 11 heavy (non-hydrogen) atoms. The van der Waals surface area contributed by atoms with Gasteiger partial charge in [0.15, 0.2) is 11.8 Å². The van der Waals surface area contributed by atoms with E-state index < -0.39 is 5.90 Å². The molecule has 0 aliphatic heterocycles. The summed E-state index contributed by atoms with van der Waals surface area (Å²) in [6.45, 7) is 11.2. The van der Waals surface area contributed by atoms with Crippen molar-refractivity contribution in [3.05, 3.63) is 0 Å². The fourth-order valence-corrected chi connectivity index (χ4v) is 2.38. The summed E-state index contributed by atoms with van der Waals surface area (Å²) in [6, 6.07) is 0. The lowest BCUT2D eigenvalue weighted by atomic mass is 9.86. The van der Waals surface area contributed by atoms with Gasteiger partial charge < -0.3 is 0 Å². The van der Waals surface area contributed by atoms with E-state index >= 15 is 0 Å². The number of hydrogen-bond donors (Lipinski definition) is 1. The van der Waals surface area contributed by atoms with Crippen LogP contribution >= 0.6 is 18.1 Å². The van der Waals surface area contributed by atoms with Crippen molar-refractivity contribution in [1.82, 2.24) is 0 Å². The third-order valence-electron chi connectivity index (χ3n) is 1.48. The maximum Gasteiger partial charge on any atom is 0.247 e. The monoisotopic (exact) mass is 209 g/mol. The standard InChI is InChI=1S/C8H17PS2/c1-7(2,3)6-8(4,5)9(10)11/h6H2,1-5H3/p+1. The zero-order chi connectivity index (χ0) is 9.28. The first-order valence-electron chi connectivity index (χ1n) is 3.81. The summed E-state index contributed by atoms with van der Waals surface area (Å²) in [4.78, 5) is 0. The summed E-state index contributed by atoms with van der Waals surface area (Å²) in [6.07, 6.45) is 1.15. The average molecular weight is 209 g/mol. The van der Waals surface area contributed by atoms with Crippen LogP contribution in [0.15, 0.2) is 0 Å². The lowest BCUT2D eigenvalue weighted by Gasteiger charge is -2.24. The van der Waals surface area contributed by atoms with Crippen molar-refractivity contribution in [2.24, 2.45) is 5.41 Å². The second-order valence-electron chi connectivity index (χ2n) is 4.82. The maximum absolute atomic E-state index is 5.21. The normalized spacial score (nSPS) is 14.9. The molecule has 0 fully saturated rings. The molecular weight excluding hydrogens is 191 g/mol. The first-order valence-corrected chi connectivity index (χ1v) is 7.32. The van der Waals surface area contributed by atoms with Crippen LogP contribution in [0.3, 0.4) is 0 Å². The smallest absolute Gasteiger partial charge is 0.0600 e. The fraction of sp³-hybridized carbons (Fsp3) is 1.00. The topological polar surface area (TPSA) is 0 Å². The summed E-state index contributed by atoms with van der Waals surface area (Å²) in [5, 5.41) is 0.228. The molecule has 3 heteroatoms. The van der Waals surface area contributed by atoms with Crippen LogP contribution in [0.25, 0.3) is 0 Å². The molecule has 0 bridgehead atoms. The Hall–Kier alpha value is 0.870. The average Bonchev–Trinajstić information content (AvgIpc) is 1.56. The second kappa shape index (κ2) is 3.72. The molecule has 0 radical (unpaired) electrons. The number of rotatable bonds is 2. The van der Waals surface area contributed by atoms with E-state index in [0.29, 0.717) is 5.41 Å². The van der Waals surface area contributed by atoms with Crippen molar-refractivity contribution >= 4 is 30.0 Å². The van der Waals surface area contributed by atoms with Crippen molar-refractivity contribution < 1.29 is 0 Å². The third-order valence-corrected chi connectivity index (χ3v) is 5.78. The molecule has 0 rings (SSSR count). The first kappa shape index (κ1) is 11.9. The number of thiol groups is 1. The van der Waals surface area contributed by atoms with Crippen LogP contribution in [0.5, 0.6) is 0 Å². The molecule has 0 saturated carbocycles. The van der Waals surface area contributed by atoms with Gasteiger partial charge in [-0.25, -0.2) is 0 Å². The van der Waals surface area contributed by atoms with Crippen LogP contribution in [-0.4, -0.2) is 5.16 Å². The van der Waals surface area contributed by atoms with Gasteiger partial charge in [-0.2, -0.15) is 0 Å². The van der Waals surface area contributed by atoms with E-state index in [-0.39, 0.29) is 5.16 Å². The highest BCUT2D eigenvalue weighted by Gasteiger charge is 2.36. The van der Waals surface area contributed by atoms with Crippen LogP contribution in [-0.2, 0) is 11.8 Å². The quantitative estimate of drug-likeness (QED) is 0.530. The highest BCUT2D eigenvalue weighted by Crippen LogP contribution is 2.48. The van der Waals surface area contributed by atoms with E-state index in [9.17, 15) is 0 Å². The van der Waals surface area contributed by atoms with Crippen molar-refractivity contribution in [2.45, 2.75) is 46.2 Å². The minimum atomic E-state index is -0.530. The van der Waals surface area contributed by atoms with Gasteiger partial charge >= 0.3 is 0 Å². The van der Waals surface area contributed by atoms with Gasteiger partial charge in [0.1, 0.15) is 5.16 Å². The van der Waals surface area contributed by atoms with Crippen LogP contribution in [0, 0.1) is 5.41 Å². The molecule has 66 valence electrons. The Balaban J connectivity index is 4.25. The van der Waals surface area contributed by atoms with Crippen molar-refractivity contribution in [3.63, 3.8) is 0 Å². The van der Waals surface area contributed by atoms with Gasteiger partial charge in [-0.15, -0.1) is 0 Å². The lowest BCUT2D eigenvalue weighted by molar-refractivity contribution is 0.338. The molecule has 0 heterocycles. The molecule has 0 amide bonds. The van der Waals surface area contributed by atoms with Gasteiger partial charge in [-0.1, -0.05) is 20.8 Å². The largest absolute Gasteiger partial charge is 0.247 e. The zero-order valence-corrected chi connectivity index (χ0v) is 10.6. The molecule has 1 atom stereocenters. The molecule has 0 aliphatic rings. The predicted molar refractivity (Wildman–Crippen MR) is 61.4 cm³/mol. The van der Waals surface area contributed by atoms with E-state index in [4.69, 9.17) is 11.8 Å². The summed E-state index contributed by atoms with van der Waals surface area (Å²) in [5.74, 6) is -0.530. The molecule has 0 nitrogen and oxygen atoms in total. The van der Waals surface area contributed by atoms with E-state index in [2.05, 4.69) is 46.9 Å². The van der Waals surface area contributed by atoms with Crippen LogP contribution < -0.4 is 0 Å². The first-order chi connectivity index (χ1) is 4.65. The molecule has 0 aliphatic carbocycles. The predicted octanol–water partition coefficient (Wildman–Crippen LogP) is 3.99. The Morgan fingerprint density at radius 3 is 1.64 bits per heavy atom. The minimum Gasteiger partial charge on any atom is -0.0600 e. The van der Waals surface area contributed by atoms with Gasteiger partial charge in [0.2, 0.25) is 5.90 Å². The third kappa shape index (κ3) is 5.16. The molecule has 0 spiro atoms. The van der Waals surface area contributed by atoms with Crippen LogP contribution in [0.2, 0.25) is 0 Å². The summed E-state index contributed by atoms with van der Waals surface area (Å²) in [7, 11) is 0. The van der Waals surface area contributed by atoms with E-state index in [1.54, 1.807) is 0 Å². The zero-order valence-electron chi connectivity index (χ0n) is 8.01. The minimum absolute atomic E-state index is 0.228. The second-order valence-corrected chi connectivity index (χ2v) is 9.69. The molecule has 0 aromatic rings. The molecule has 1 unspecified atom stereocenters. The SMILES string of the molecule is CC(C)(C)CC(C)(C)[P+](=S)S.